The van der Waals surface area contributed by atoms with Gasteiger partial charge in [-0.2, -0.15) is 0 Å². The zero-order valence-electron chi connectivity index (χ0n) is 6.04. The summed E-state index contributed by atoms with van der Waals surface area (Å²) >= 11 is 1.41. The minimum absolute atomic E-state index is 0. The molecule has 0 unspecified atom stereocenters. The Bertz CT molecular complexity index is 27.7. The highest BCUT2D eigenvalue weighted by Gasteiger charge is 1.80. The molecule has 0 fully saturated rings. The normalized spacial score (nSPS) is 8.12. The van der Waals surface area contributed by atoms with E-state index >= 15 is 0 Å². The minimum atomic E-state index is 0. The van der Waals surface area contributed by atoms with Gasteiger partial charge in [0.05, 0.1) is 0 Å². The molecule has 0 aromatic rings. The van der Waals surface area contributed by atoms with Gasteiger partial charge in [-0.25, -0.2) is 0 Å². The van der Waals surface area contributed by atoms with Gasteiger partial charge in [-0.1, -0.05) is 32.6 Å². The molecule has 0 spiro atoms. The van der Waals surface area contributed by atoms with E-state index in [1.165, 1.54) is 47.3 Å². The molecule has 0 bridgehead atoms. The van der Waals surface area contributed by atoms with Gasteiger partial charge in [0.25, 0.3) is 0 Å². The van der Waals surface area contributed by atoms with Crippen molar-refractivity contribution in [3.63, 3.8) is 0 Å². The van der Waals surface area contributed by atoms with Crippen LogP contribution < -0.4 is 0 Å². The molecule has 1 nitrogen and oxygen atoms in total. The van der Waals surface area contributed by atoms with Gasteiger partial charge in [0.1, 0.15) is 0 Å². The van der Waals surface area contributed by atoms with Crippen molar-refractivity contribution in [2.45, 2.75) is 37.9 Å². The van der Waals surface area contributed by atoms with Gasteiger partial charge in [0.15, 0.2) is 0 Å². The van der Waals surface area contributed by atoms with E-state index in [2.05, 4.69) is 6.92 Å². The Morgan fingerprint density at radius 3 is 2.12 bits per heavy atom. The summed E-state index contributed by atoms with van der Waals surface area (Å²) in [7, 11) is 0. The third-order valence-electron chi connectivity index (χ3n) is 1.21. The van der Waals surface area contributed by atoms with Crippen molar-refractivity contribution in [1.82, 2.24) is 0 Å². The summed E-state index contributed by atoms with van der Waals surface area (Å²) in [6.07, 6.45) is 5.78. The molecule has 0 aromatic heterocycles. The van der Waals surface area contributed by atoms with Crippen LogP contribution in [0.3, 0.4) is 0 Å². The van der Waals surface area contributed by atoms with E-state index in [4.69, 9.17) is 0 Å². The second kappa shape index (κ2) is 10.5. The Balaban J connectivity index is 0. The quantitative estimate of drug-likeness (QED) is 0.400. The van der Waals surface area contributed by atoms with Crippen molar-refractivity contribution in [1.29, 1.82) is 0 Å². The lowest BCUT2D eigenvalue weighted by Crippen LogP contribution is -1.72. The molecule has 0 saturated heterocycles. The first-order valence-electron chi connectivity index (χ1n) is 3.41. The van der Waals surface area contributed by atoms with Gasteiger partial charge in [-0.05, 0) is 0 Å². The van der Waals surface area contributed by atoms with Crippen LogP contribution in [0, 0.1) is 0 Å². The third-order valence-corrected chi connectivity index (χ3v) is 1.91. The maximum Gasteiger partial charge on any atom is 0.211 e. The highest BCUT2D eigenvalue weighted by atomic mass is 27.0. The standard InChI is InChI=1S/C6H13.Al.H2O.2H/c1-3-5-6-4-2;;;;/h1,3-6H2,2H3;;1H2;;. The average Bonchev–Trinajstić information content (AvgIpc) is 1.69. The van der Waals surface area contributed by atoms with E-state index in [1.807, 2.05) is 0 Å². The third kappa shape index (κ3) is 9.70. The number of hydrogen-bond acceptors (Lipinski definition) is 0. The van der Waals surface area contributed by atoms with Crippen molar-refractivity contribution >= 4 is 16.3 Å². The molecule has 0 aromatic carbocycles. The van der Waals surface area contributed by atoms with Crippen LogP contribution in [0.2, 0.25) is 5.28 Å². The molecule has 8 heavy (non-hydrogen) atoms. The highest BCUT2D eigenvalue weighted by molar-refractivity contribution is 6.08. The van der Waals surface area contributed by atoms with Gasteiger partial charge in [0.2, 0.25) is 16.3 Å². The molecule has 0 aliphatic rings. The van der Waals surface area contributed by atoms with Crippen LogP contribution >= 0.6 is 0 Å². The van der Waals surface area contributed by atoms with Gasteiger partial charge < -0.3 is 5.48 Å². The summed E-state index contributed by atoms with van der Waals surface area (Å²) < 4.78 is 0. The van der Waals surface area contributed by atoms with Crippen LogP contribution in [-0.4, -0.2) is 21.8 Å². The summed E-state index contributed by atoms with van der Waals surface area (Å²) in [5.74, 6) is 0. The van der Waals surface area contributed by atoms with E-state index in [0.717, 1.165) is 0 Å². The number of hydrogen-bond donors (Lipinski definition) is 0. The predicted molar refractivity (Wildman–Crippen MR) is 41.1 cm³/mol. The topological polar surface area (TPSA) is 31.5 Å². The van der Waals surface area contributed by atoms with Crippen molar-refractivity contribution in [2.75, 3.05) is 0 Å². The van der Waals surface area contributed by atoms with Crippen molar-refractivity contribution in [3.8, 4) is 0 Å². The lowest BCUT2D eigenvalue weighted by molar-refractivity contribution is 0.701. The minimum Gasteiger partial charge on any atom is -0.412 e. The highest BCUT2D eigenvalue weighted by Crippen LogP contribution is 1.99. The van der Waals surface area contributed by atoms with Gasteiger partial charge in [-0.15, -0.1) is 5.28 Å². The lowest BCUT2D eigenvalue weighted by Gasteiger charge is -1.90. The van der Waals surface area contributed by atoms with Crippen LogP contribution in [0.1, 0.15) is 32.6 Å². The van der Waals surface area contributed by atoms with Crippen LogP contribution in [0.5, 0.6) is 0 Å². The van der Waals surface area contributed by atoms with E-state index in [1.54, 1.807) is 0 Å². The molecular weight excluding hydrogens is 115 g/mol. The number of unbranched alkanes of at least 4 members (excludes halogenated alkanes) is 3. The Kier molecular flexibility index (Phi) is 14.8. The fourth-order valence-electron chi connectivity index (χ4n) is 0.677. The summed E-state index contributed by atoms with van der Waals surface area (Å²) in [4.78, 5) is 0. The predicted octanol–water partition coefficient (Wildman–Crippen LogP) is 0.793. The van der Waals surface area contributed by atoms with Crippen LogP contribution in [0.4, 0.5) is 0 Å². The molecule has 0 heterocycles. The van der Waals surface area contributed by atoms with Crippen LogP contribution in [-0.2, 0) is 0 Å². The first kappa shape index (κ1) is 11.3. The zero-order chi connectivity index (χ0) is 5.54. The zero-order valence-corrected chi connectivity index (χ0v) is 8.04. The lowest BCUT2D eigenvalue weighted by atomic mass is 10.2. The van der Waals surface area contributed by atoms with Crippen LogP contribution in [0.15, 0.2) is 0 Å². The smallest absolute Gasteiger partial charge is 0.211 e. The molecule has 0 radical (unpaired) electrons. The molecule has 0 atom stereocenters. The Hall–Kier alpha value is 0.492. The van der Waals surface area contributed by atoms with Crippen molar-refractivity contribution in [2.24, 2.45) is 0 Å². The van der Waals surface area contributed by atoms with E-state index in [9.17, 15) is 0 Å². The second-order valence-corrected chi connectivity index (χ2v) is 3.06. The fourth-order valence-corrected chi connectivity index (χ4v) is 1.18. The summed E-state index contributed by atoms with van der Waals surface area (Å²) in [5.41, 5.74) is 0. The van der Waals surface area contributed by atoms with Gasteiger partial charge in [-0.3, -0.25) is 0 Å². The molecule has 0 aliphatic heterocycles. The summed E-state index contributed by atoms with van der Waals surface area (Å²) in [6, 6.07) is 0. The van der Waals surface area contributed by atoms with Crippen molar-refractivity contribution < 1.29 is 5.48 Å². The number of rotatable bonds is 4. The molecule has 0 saturated carbocycles. The summed E-state index contributed by atoms with van der Waals surface area (Å²) in [6.45, 7) is 2.26. The molecule has 0 rings (SSSR count). The fraction of sp³-hybridized carbons (Fsp3) is 1.00. The van der Waals surface area contributed by atoms with Gasteiger partial charge in [0, 0.05) is 0 Å². The first-order chi connectivity index (χ1) is 3.41. The molecule has 0 aliphatic carbocycles. The largest absolute Gasteiger partial charge is 0.412 e. The molecule has 50 valence electrons. The molecule has 0 amide bonds. The van der Waals surface area contributed by atoms with E-state index in [-0.39, 0.29) is 5.48 Å². The SMILES string of the molecule is CCCCC[CH2][AlH2].O. The monoisotopic (exact) mass is 132 g/mol. The summed E-state index contributed by atoms with van der Waals surface area (Å²) in [5, 5.41) is 1.50. The van der Waals surface area contributed by atoms with Gasteiger partial charge >= 0.3 is 0 Å². The van der Waals surface area contributed by atoms with E-state index in [0.29, 0.717) is 0 Å². The maximum absolute atomic E-state index is 2.26. The second-order valence-electron chi connectivity index (χ2n) is 2.06. The average molecular weight is 132 g/mol. The van der Waals surface area contributed by atoms with Crippen LogP contribution in [0.25, 0.3) is 0 Å². The molecule has 2 heteroatoms. The Labute approximate surface area is 60.2 Å². The Morgan fingerprint density at radius 1 is 1.12 bits per heavy atom. The Morgan fingerprint density at radius 2 is 1.75 bits per heavy atom. The molecule has 2 N–H and O–H groups in total. The first-order valence-corrected chi connectivity index (χ1v) is 4.83. The van der Waals surface area contributed by atoms with E-state index < -0.39 is 0 Å². The molecular formula is C6H17AlO. The van der Waals surface area contributed by atoms with Crippen molar-refractivity contribution in [3.05, 3.63) is 0 Å². The maximum atomic E-state index is 2.26.